The molecule has 1 saturated carbocycles. The normalized spacial score (nSPS) is 18.2. The Morgan fingerprint density at radius 3 is 2.61 bits per heavy atom. The highest BCUT2D eigenvalue weighted by molar-refractivity contribution is 6.07. The monoisotopic (exact) mass is 454 g/mol. The maximum absolute atomic E-state index is 12.7. The van der Waals surface area contributed by atoms with E-state index in [-0.39, 0.29) is 17.9 Å². The van der Waals surface area contributed by atoms with Gasteiger partial charge in [-0.1, -0.05) is 12.1 Å². The second kappa shape index (κ2) is 7.99. The van der Waals surface area contributed by atoms with Gasteiger partial charge in [0, 0.05) is 36.5 Å². The van der Waals surface area contributed by atoms with Gasteiger partial charge in [-0.05, 0) is 54.7 Å². The van der Waals surface area contributed by atoms with Crippen LogP contribution in [0.25, 0.3) is 10.9 Å². The minimum absolute atomic E-state index is 0.0145. The number of anilines is 1. The SMILES string of the molecule is Cn1ccnc1C(=O)Nc1c[nH]c2ccc(O[C@H]3C[C@H](c4ccc(C(F)(F)F)cc4)C3)cc12. The van der Waals surface area contributed by atoms with Crippen molar-refractivity contribution in [1.29, 1.82) is 0 Å². The van der Waals surface area contributed by atoms with Gasteiger partial charge in [0.15, 0.2) is 5.82 Å². The number of rotatable bonds is 5. The minimum Gasteiger partial charge on any atom is -0.490 e. The Morgan fingerprint density at radius 2 is 1.94 bits per heavy atom. The van der Waals surface area contributed by atoms with Crippen molar-refractivity contribution in [3.63, 3.8) is 0 Å². The molecule has 1 amide bonds. The molecule has 1 aliphatic carbocycles. The Hall–Kier alpha value is -3.75. The lowest BCUT2D eigenvalue weighted by atomic mass is 9.77. The second-order valence-corrected chi connectivity index (χ2v) is 8.25. The highest BCUT2D eigenvalue weighted by atomic mass is 19.4. The van der Waals surface area contributed by atoms with Gasteiger partial charge in [0.2, 0.25) is 0 Å². The smallest absolute Gasteiger partial charge is 0.416 e. The number of fused-ring (bicyclic) bond motifs is 1. The van der Waals surface area contributed by atoms with E-state index >= 15 is 0 Å². The molecule has 9 heteroatoms. The second-order valence-electron chi connectivity index (χ2n) is 8.25. The molecule has 0 aliphatic heterocycles. The number of halogens is 3. The topological polar surface area (TPSA) is 71.9 Å². The third kappa shape index (κ3) is 4.18. The maximum Gasteiger partial charge on any atom is 0.416 e. The lowest BCUT2D eigenvalue weighted by molar-refractivity contribution is -0.137. The molecular formula is C24H21F3N4O2. The van der Waals surface area contributed by atoms with Crippen LogP contribution in [-0.2, 0) is 13.2 Å². The van der Waals surface area contributed by atoms with E-state index in [0.717, 1.165) is 41.4 Å². The summed E-state index contributed by atoms with van der Waals surface area (Å²) >= 11 is 0. The van der Waals surface area contributed by atoms with Gasteiger partial charge in [0.25, 0.3) is 5.91 Å². The molecule has 2 aromatic heterocycles. The fraction of sp³-hybridized carbons (Fsp3) is 0.250. The molecule has 0 bridgehead atoms. The molecule has 5 rings (SSSR count). The lowest BCUT2D eigenvalue weighted by Crippen LogP contribution is -2.32. The van der Waals surface area contributed by atoms with Crippen LogP contribution in [-0.4, -0.2) is 26.5 Å². The Kier molecular flexibility index (Phi) is 5.11. The number of carbonyl (C=O) groups excluding carboxylic acids is 1. The molecule has 6 nitrogen and oxygen atoms in total. The molecule has 4 aromatic rings. The summed E-state index contributed by atoms with van der Waals surface area (Å²) < 4.78 is 46.0. The fourth-order valence-electron chi connectivity index (χ4n) is 4.11. The number of amides is 1. The quantitative estimate of drug-likeness (QED) is 0.418. The third-order valence-electron chi connectivity index (χ3n) is 6.03. The fourth-order valence-corrected chi connectivity index (χ4v) is 4.11. The average Bonchev–Trinajstić information content (AvgIpc) is 3.36. The van der Waals surface area contributed by atoms with Gasteiger partial charge >= 0.3 is 6.18 Å². The van der Waals surface area contributed by atoms with Crippen LogP contribution in [0.4, 0.5) is 18.9 Å². The summed E-state index contributed by atoms with van der Waals surface area (Å²) in [5, 5.41) is 3.68. The highest BCUT2D eigenvalue weighted by Crippen LogP contribution is 2.41. The first-order chi connectivity index (χ1) is 15.8. The van der Waals surface area contributed by atoms with Crippen molar-refractivity contribution in [3.05, 3.63) is 78.0 Å². The van der Waals surface area contributed by atoms with Crippen LogP contribution in [0.2, 0.25) is 0 Å². The van der Waals surface area contributed by atoms with Crippen LogP contribution in [0.1, 0.15) is 40.5 Å². The molecule has 0 saturated heterocycles. The van der Waals surface area contributed by atoms with Crippen molar-refractivity contribution in [1.82, 2.24) is 14.5 Å². The lowest BCUT2D eigenvalue weighted by Gasteiger charge is -2.35. The van der Waals surface area contributed by atoms with Crippen molar-refractivity contribution in [2.24, 2.45) is 7.05 Å². The van der Waals surface area contributed by atoms with E-state index in [4.69, 9.17) is 4.74 Å². The first-order valence-electron chi connectivity index (χ1n) is 10.5. The summed E-state index contributed by atoms with van der Waals surface area (Å²) in [6.45, 7) is 0. The molecule has 2 heterocycles. The molecule has 0 radical (unpaired) electrons. The number of nitrogens with zero attached hydrogens (tertiary/aromatic N) is 2. The van der Waals surface area contributed by atoms with Gasteiger partial charge in [-0.15, -0.1) is 0 Å². The summed E-state index contributed by atoms with van der Waals surface area (Å²) in [5.74, 6) is 0.847. The van der Waals surface area contributed by atoms with E-state index in [0.29, 0.717) is 17.3 Å². The zero-order valence-electron chi connectivity index (χ0n) is 17.7. The van der Waals surface area contributed by atoms with E-state index in [9.17, 15) is 18.0 Å². The molecule has 2 N–H and O–H groups in total. The molecule has 0 spiro atoms. The number of aromatic amines is 1. The number of aromatic nitrogens is 3. The summed E-state index contributed by atoms with van der Waals surface area (Å²) in [6, 6.07) is 11.0. The molecule has 170 valence electrons. The number of ether oxygens (including phenoxy) is 1. The number of nitrogens with one attached hydrogen (secondary N) is 2. The van der Waals surface area contributed by atoms with Crippen molar-refractivity contribution in [3.8, 4) is 5.75 Å². The summed E-state index contributed by atoms with van der Waals surface area (Å²) in [5.41, 5.74) is 1.74. The van der Waals surface area contributed by atoms with E-state index in [1.165, 1.54) is 0 Å². The van der Waals surface area contributed by atoms with Crippen LogP contribution >= 0.6 is 0 Å². The average molecular weight is 454 g/mol. The van der Waals surface area contributed by atoms with Gasteiger partial charge in [-0.3, -0.25) is 4.79 Å². The van der Waals surface area contributed by atoms with Gasteiger partial charge in [0.05, 0.1) is 17.4 Å². The van der Waals surface area contributed by atoms with Crippen molar-refractivity contribution >= 4 is 22.5 Å². The van der Waals surface area contributed by atoms with E-state index in [1.807, 2.05) is 18.2 Å². The van der Waals surface area contributed by atoms with Gasteiger partial charge in [-0.25, -0.2) is 4.98 Å². The Labute approximate surface area is 187 Å². The summed E-state index contributed by atoms with van der Waals surface area (Å²) in [7, 11) is 1.75. The first-order valence-corrected chi connectivity index (χ1v) is 10.5. The number of carbonyl (C=O) groups is 1. The van der Waals surface area contributed by atoms with Gasteiger partial charge in [-0.2, -0.15) is 13.2 Å². The van der Waals surface area contributed by atoms with Crippen molar-refractivity contribution < 1.29 is 22.7 Å². The maximum atomic E-state index is 12.7. The molecule has 33 heavy (non-hydrogen) atoms. The van der Waals surface area contributed by atoms with Crippen LogP contribution in [0.3, 0.4) is 0 Å². The predicted octanol–water partition coefficient (Wildman–Crippen LogP) is 5.50. The Morgan fingerprint density at radius 1 is 1.18 bits per heavy atom. The molecule has 2 aromatic carbocycles. The number of hydrogen-bond acceptors (Lipinski definition) is 3. The van der Waals surface area contributed by atoms with E-state index in [2.05, 4.69) is 15.3 Å². The zero-order valence-corrected chi connectivity index (χ0v) is 17.7. The van der Waals surface area contributed by atoms with Gasteiger partial charge < -0.3 is 19.6 Å². The molecule has 1 fully saturated rings. The summed E-state index contributed by atoms with van der Waals surface area (Å²) in [4.78, 5) is 19.7. The predicted molar refractivity (Wildman–Crippen MR) is 117 cm³/mol. The zero-order chi connectivity index (χ0) is 23.2. The Bertz CT molecular complexity index is 1300. The van der Waals surface area contributed by atoms with Crippen LogP contribution in [0.5, 0.6) is 5.75 Å². The van der Waals surface area contributed by atoms with Crippen LogP contribution in [0.15, 0.2) is 61.1 Å². The molecule has 0 atom stereocenters. The Balaban J connectivity index is 1.24. The van der Waals surface area contributed by atoms with E-state index in [1.54, 1.807) is 42.3 Å². The standard InChI is InChI=1S/C24H21F3N4O2/c1-31-9-8-28-22(31)23(32)30-21-13-29-20-7-6-17(12-19(20)21)33-18-10-15(11-18)14-2-4-16(5-3-14)24(25,26)27/h2-9,12-13,15,18,29H,10-11H2,1H3,(H,30,32)/t15-,18-. The molecular weight excluding hydrogens is 433 g/mol. The molecule has 0 unspecified atom stereocenters. The largest absolute Gasteiger partial charge is 0.490 e. The molecule has 1 aliphatic rings. The number of hydrogen-bond donors (Lipinski definition) is 2. The number of aryl methyl sites for hydroxylation is 1. The number of benzene rings is 2. The number of imidazole rings is 1. The summed E-state index contributed by atoms with van der Waals surface area (Å²) in [6.07, 6.45) is 2.12. The number of H-pyrrole nitrogens is 1. The minimum atomic E-state index is -4.32. The van der Waals surface area contributed by atoms with Crippen molar-refractivity contribution in [2.75, 3.05) is 5.32 Å². The van der Waals surface area contributed by atoms with Gasteiger partial charge in [0.1, 0.15) is 5.75 Å². The van der Waals surface area contributed by atoms with Crippen molar-refractivity contribution in [2.45, 2.75) is 31.0 Å². The van der Waals surface area contributed by atoms with Crippen LogP contribution < -0.4 is 10.1 Å². The third-order valence-corrected chi connectivity index (χ3v) is 6.03. The van der Waals surface area contributed by atoms with E-state index < -0.39 is 11.7 Å². The number of alkyl halides is 3. The van der Waals surface area contributed by atoms with Crippen LogP contribution in [0, 0.1) is 0 Å². The first kappa shape index (κ1) is 21.1. The highest BCUT2D eigenvalue weighted by Gasteiger charge is 2.34.